The molecule has 6 nitrogen and oxygen atoms in total. The Morgan fingerprint density at radius 1 is 1.44 bits per heavy atom. The topological polar surface area (TPSA) is 96.2 Å². The lowest BCUT2D eigenvalue weighted by molar-refractivity contribution is -0.394. The number of fused-ring (bicyclic) bond motifs is 1. The van der Waals surface area contributed by atoms with E-state index in [9.17, 15) is 20.1 Å². The van der Waals surface area contributed by atoms with Crippen molar-refractivity contribution in [1.82, 2.24) is 0 Å². The molecule has 2 bridgehead atoms. The average molecular weight is 258 g/mol. The van der Waals surface area contributed by atoms with Crippen LogP contribution in [-0.2, 0) is 14.3 Å². The van der Waals surface area contributed by atoms with Crippen LogP contribution in [0.1, 0.15) is 26.2 Å². The van der Waals surface area contributed by atoms with Crippen molar-refractivity contribution in [2.45, 2.75) is 50.0 Å². The minimum absolute atomic E-state index is 0.0727. The Morgan fingerprint density at radius 2 is 2.17 bits per heavy atom. The average Bonchev–Trinajstić information content (AvgIpc) is 2.33. The van der Waals surface area contributed by atoms with Gasteiger partial charge in [0.1, 0.15) is 6.10 Å². The lowest BCUT2D eigenvalue weighted by atomic mass is 9.63. The van der Waals surface area contributed by atoms with Crippen LogP contribution in [0, 0.1) is 11.8 Å². The molecule has 6 heteroatoms. The first-order chi connectivity index (χ1) is 8.44. The molecule has 3 aliphatic rings. The van der Waals surface area contributed by atoms with Gasteiger partial charge >= 0.3 is 0 Å². The molecule has 3 fully saturated rings. The van der Waals surface area contributed by atoms with Crippen LogP contribution >= 0.6 is 0 Å². The smallest absolute Gasteiger partial charge is 0.204 e. The van der Waals surface area contributed by atoms with Crippen LogP contribution in [-0.4, -0.2) is 51.5 Å². The van der Waals surface area contributed by atoms with E-state index in [1.54, 1.807) is 0 Å². The van der Waals surface area contributed by atoms with Crippen molar-refractivity contribution in [3.8, 4) is 0 Å². The molecule has 0 radical (unpaired) electrons. The molecule has 0 aromatic carbocycles. The lowest BCUT2D eigenvalue weighted by Gasteiger charge is -2.59. The van der Waals surface area contributed by atoms with Gasteiger partial charge < -0.3 is 24.8 Å². The van der Waals surface area contributed by atoms with E-state index in [-0.39, 0.29) is 18.9 Å². The lowest BCUT2D eigenvalue weighted by Crippen LogP contribution is -2.79. The summed E-state index contributed by atoms with van der Waals surface area (Å²) in [7, 11) is 0. The van der Waals surface area contributed by atoms with Crippen molar-refractivity contribution >= 4 is 5.78 Å². The summed E-state index contributed by atoms with van der Waals surface area (Å²) in [5.74, 6) is -3.42. The number of carbonyl (C=O) groups is 1. The summed E-state index contributed by atoms with van der Waals surface area (Å²) >= 11 is 0. The van der Waals surface area contributed by atoms with Crippen LogP contribution in [0.4, 0.5) is 0 Å². The Kier molecular flexibility index (Phi) is 2.60. The molecule has 18 heavy (non-hydrogen) atoms. The molecule has 0 unspecified atom stereocenters. The van der Waals surface area contributed by atoms with E-state index in [1.807, 2.05) is 6.92 Å². The first-order valence-electron chi connectivity index (χ1n) is 6.40. The van der Waals surface area contributed by atoms with Crippen LogP contribution in [0.2, 0.25) is 0 Å². The summed E-state index contributed by atoms with van der Waals surface area (Å²) in [5, 5.41) is 30.9. The maximum absolute atomic E-state index is 12.3. The fraction of sp³-hybridized carbons (Fsp3) is 0.917. The standard InChI is InChI=1S/C12H18O6/c1-2-6-3-4-11(15)12(16)8(13)7(5-17-11)10(14)18-9(6)12/h6-7,9-10,14-16H,2-5H2,1H3/t6-,7+,9+,10+,11+,12+/m1/s1. The first-order valence-corrected chi connectivity index (χ1v) is 6.40. The zero-order valence-electron chi connectivity index (χ0n) is 10.2. The van der Waals surface area contributed by atoms with Crippen LogP contribution in [0.15, 0.2) is 0 Å². The van der Waals surface area contributed by atoms with Gasteiger partial charge in [0.2, 0.25) is 11.4 Å². The van der Waals surface area contributed by atoms with Gasteiger partial charge in [-0.15, -0.1) is 0 Å². The predicted octanol–water partition coefficient (Wildman–Crippen LogP) is -0.841. The number of carbonyl (C=O) groups excluding carboxylic acids is 1. The molecular weight excluding hydrogens is 240 g/mol. The molecule has 0 spiro atoms. The summed E-state index contributed by atoms with van der Waals surface area (Å²) in [5.41, 5.74) is -2.05. The normalized spacial score (nSPS) is 55.4. The second-order valence-electron chi connectivity index (χ2n) is 5.49. The minimum Gasteiger partial charge on any atom is -0.375 e. The SMILES string of the molecule is CC[C@@H]1CC[C@]2(O)OC[C@H]3C(=O)[C@]2(O)[C@H]1O[C@@H]3O. The maximum Gasteiger partial charge on any atom is 0.204 e. The summed E-state index contributed by atoms with van der Waals surface area (Å²) in [6.07, 6.45) is -0.672. The van der Waals surface area contributed by atoms with E-state index in [2.05, 4.69) is 0 Å². The van der Waals surface area contributed by atoms with Gasteiger partial charge in [-0.05, 0) is 12.3 Å². The van der Waals surface area contributed by atoms with Gasteiger partial charge in [0.05, 0.1) is 12.5 Å². The quantitative estimate of drug-likeness (QED) is 0.567. The minimum atomic E-state index is -2.05. The van der Waals surface area contributed by atoms with Gasteiger partial charge in [-0.3, -0.25) is 4.79 Å². The predicted molar refractivity (Wildman–Crippen MR) is 58.2 cm³/mol. The molecule has 1 aliphatic carbocycles. The first kappa shape index (κ1) is 12.5. The van der Waals surface area contributed by atoms with Crippen molar-refractivity contribution in [2.75, 3.05) is 6.61 Å². The highest BCUT2D eigenvalue weighted by Crippen LogP contribution is 2.51. The highest BCUT2D eigenvalue weighted by molar-refractivity contribution is 5.93. The summed E-state index contributed by atoms with van der Waals surface area (Å²) in [6.45, 7) is 1.80. The van der Waals surface area contributed by atoms with Crippen LogP contribution in [0.3, 0.4) is 0 Å². The molecule has 1 saturated carbocycles. The van der Waals surface area contributed by atoms with Crippen molar-refractivity contribution < 1.29 is 29.6 Å². The molecule has 0 aromatic rings. The highest BCUT2D eigenvalue weighted by Gasteiger charge is 2.72. The molecule has 102 valence electrons. The molecule has 6 atom stereocenters. The molecule has 0 aromatic heterocycles. The second kappa shape index (κ2) is 3.74. The van der Waals surface area contributed by atoms with Crippen molar-refractivity contribution in [1.29, 1.82) is 0 Å². The van der Waals surface area contributed by atoms with Crippen LogP contribution < -0.4 is 0 Å². The van der Waals surface area contributed by atoms with Gasteiger partial charge in [-0.2, -0.15) is 0 Å². The van der Waals surface area contributed by atoms with Gasteiger partial charge in [-0.1, -0.05) is 13.3 Å². The third kappa shape index (κ3) is 1.27. The molecule has 2 aliphatic heterocycles. The van der Waals surface area contributed by atoms with Crippen molar-refractivity contribution in [3.63, 3.8) is 0 Å². The molecule has 3 N–H and O–H groups in total. The zero-order chi connectivity index (χ0) is 13.1. The molecule has 2 heterocycles. The van der Waals surface area contributed by atoms with E-state index >= 15 is 0 Å². The Labute approximate surface area is 105 Å². The second-order valence-corrected chi connectivity index (χ2v) is 5.49. The number of ketones is 1. The monoisotopic (exact) mass is 258 g/mol. The number of rotatable bonds is 1. The van der Waals surface area contributed by atoms with E-state index in [1.165, 1.54) is 0 Å². The number of aliphatic hydroxyl groups excluding tert-OH is 1. The Bertz CT molecular complexity index is 381. The number of ether oxygens (including phenoxy) is 2. The fourth-order valence-electron chi connectivity index (χ4n) is 3.47. The van der Waals surface area contributed by atoms with Gasteiger partial charge in [-0.25, -0.2) is 0 Å². The maximum atomic E-state index is 12.3. The van der Waals surface area contributed by atoms with Gasteiger partial charge in [0, 0.05) is 6.42 Å². The van der Waals surface area contributed by atoms with E-state index < -0.39 is 35.5 Å². The molecule has 3 rings (SSSR count). The van der Waals surface area contributed by atoms with E-state index in [0.29, 0.717) is 12.8 Å². The fourth-order valence-corrected chi connectivity index (χ4v) is 3.47. The van der Waals surface area contributed by atoms with Crippen LogP contribution in [0.25, 0.3) is 0 Å². The Morgan fingerprint density at radius 3 is 2.83 bits per heavy atom. The Balaban J connectivity index is 2.08. The summed E-state index contributed by atoms with van der Waals surface area (Å²) in [6, 6.07) is 0. The summed E-state index contributed by atoms with van der Waals surface area (Å²) in [4.78, 5) is 12.3. The largest absolute Gasteiger partial charge is 0.375 e. The Hall–Kier alpha value is -0.530. The molecular formula is C12H18O6. The van der Waals surface area contributed by atoms with Crippen molar-refractivity contribution in [2.24, 2.45) is 11.8 Å². The van der Waals surface area contributed by atoms with E-state index in [0.717, 1.165) is 0 Å². The number of hydrogen-bond donors (Lipinski definition) is 3. The third-order valence-corrected chi connectivity index (χ3v) is 4.66. The molecule has 2 saturated heterocycles. The van der Waals surface area contributed by atoms with Crippen LogP contribution in [0.5, 0.6) is 0 Å². The number of Topliss-reactive ketones (excluding diaryl/α,β-unsaturated/α-hetero) is 1. The molecule has 0 amide bonds. The summed E-state index contributed by atoms with van der Waals surface area (Å²) < 4.78 is 10.7. The van der Waals surface area contributed by atoms with Crippen molar-refractivity contribution in [3.05, 3.63) is 0 Å². The highest BCUT2D eigenvalue weighted by atomic mass is 16.7. The van der Waals surface area contributed by atoms with E-state index in [4.69, 9.17) is 9.47 Å². The zero-order valence-corrected chi connectivity index (χ0v) is 10.2. The number of hydrogen-bond acceptors (Lipinski definition) is 6. The number of aliphatic hydroxyl groups is 3. The third-order valence-electron chi connectivity index (χ3n) is 4.66. The van der Waals surface area contributed by atoms with Gasteiger partial charge in [0.25, 0.3) is 0 Å². The van der Waals surface area contributed by atoms with Gasteiger partial charge in [0.15, 0.2) is 12.1 Å².